The lowest BCUT2D eigenvalue weighted by molar-refractivity contribution is -0.128. The molecule has 0 aliphatic heterocycles. The summed E-state index contributed by atoms with van der Waals surface area (Å²) in [6.07, 6.45) is 0. The number of nitrogens with zero attached hydrogens (tertiary/aromatic N) is 1. The van der Waals surface area contributed by atoms with Crippen LogP contribution in [-0.4, -0.2) is 24.4 Å². The number of anilines is 1. The molecule has 0 aliphatic rings. The van der Waals surface area contributed by atoms with Gasteiger partial charge in [0.1, 0.15) is 11.5 Å². The first-order valence-corrected chi connectivity index (χ1v) is 6.64. The van der Waals surface area contributed by atoms with Crippen LogP contribution in [0.25, 0.3) is 0 Å². The molecule has 0 saturated carbocycles. The lowest BCUT2D eigenvalue weighted by Crippen LogP contribution is -2.31. The zero-order valence-electron chi connectivity index (χ0n) is 12.1. The quantitative estimate of drug-likeness (QED) is 0.910. The summed E-state index contributed by atoms with van der Waals surface area (Å²) in [6.45, 7) is 4.69. The molecule has 0 aliphatic carbocycles. The van der Waals surface area contributed by atoms with E-state index in [1.165, 1.54) is 5.56 Å². The van der Waals surface area contributed by atoms with E-state index in [1.54, 1.807) is 11.9 Å². The SMILES string of the molecule is Cc1cccc(NCC(=O)N(C)Cc2ccc(C)o2)c1. The van der Waals surface area contributed by atoms with Crippen molar-refractivity contribution in [2.75, 3.05) is 18.9 Å². The van der Waals surface area contributed by atoms with Crippen molar-refractivity contribution in [3.05, 3.63) is 53.5 Å². The Morgan fingerprint density at radius 2 is 2.05 bits per heavy atom. The summed E-state index contributed by atoms with van der Waals surface area (Å²) in [5.74, 6) is 1.69. The number of likely N-dealkylation sites (N-methyl/N-ethyl adjacent to an activating group) is 1. The Balaban J connectivity index is 1.85. The molecule has 0 fully saturated rings. The second-order valence-electron chi connectivity index (χ2n) is 4.99. The predicted molar refractivity (Wildman–Crippen MR) is 79.6 cm³/mol. The molecule has 0 radical (unpaired) electrons. The predicted octanol–water partition coefficient (Wildman–Crippen LogP) is 2.97. The van der Waals surface area contributed by atoms with E-state index in [0.717, 1.165) is 17.2 Å². The summed E-state index contributed by atoms with van der Waals surface area (Å²) >= 11 is 0. The molecule has 4 nitrogen and oxygen atoms in total. The highest BCUT2D eigenvalue weighted by Crippen LogP contribution is 2.10. The van der Waals surface area contributed by atoms with Crippen LogP contribution in [-0.2, 0) is 11.3 Å². The average molecular weight is 272 g/mol. The molecule has 20 heavy (non-hydrogen) atoms. The van der Waals surface area contributed by atoms with Crippen molar-refractivity contribution in [3.63, 3.8) is 0 Å². The molecular weight excluding hydrogens is 252 g/mol. The van der Waals surface area contributed by atoms with E-state index in [4.69, 9.17) is 4.42 Å². The number of hydrogen-bond donors (Lipinski definition) is 1. The molecule has 1 amide bonds. The van der Waals surface area contributed by atoms with E-state index in [0.29, 0.717) is 6.54 Å². The van der Waals surface area contributed by atoms with Gasteiger partial charge in [-0.3, -0.25) is 4.79 Å². The van der Waals surface area contributed by atoms with Crippen molar-refractivity contribution in [1.82, 2.24) is 4.90 Å². The fraction of sp³-hybridized carbons (Fsp3) is 0.312. The minimum atomic E-state index is 0.0283. The minimum Gasteiger partial charge on any atom is -0.464 e. The number of carbonyl (C=O) groups is 1. The van der Waals surface area contributed by atoms with Crippen LogP contribution in [0.4, 0.5) is 5.69 Å². The molecule has 106 valence electrons. The van der Waals surface area contributed by atoms with E-state index in [9.17, 15) is 4.79 Å². The number of nitrogens with one attached hydrogen (secondary N) is 1. The number of rotatable bonds is 5. The van der Waals surface area contributed by atoms with Gasteiger partial charge in [-0.25, -0.2) is 0 Å². The molecule has 0 saturated heterocycles. The maximum Gasteiger partial charge on any atom is 0.242 e. The van der Waals surface area contributed by atoms with Crippen molar-refractivity contribution < 1.29 is 9.21 Å². The van der Waals surface area contributed by atoms with Crippen LogP contribution >= 0.6 is 0 Å². The van der Waals surface area contributed by atoms with E-state index < -0.39 is 0 Å². The number of furan rings is 1. The standard InChI is InChI=1S/C16H20N2O2/c1-12-5-4-6-14(9-12)17-10-16(19)18(3)11-15-8-7-13(2)20-15/h4-9,17H,10-11H2,1-3H3. The van der Waals surface area contributed by atoms with E-state index in [2.05, 4.69) is 5.32 Å². The maximum atomic E-state index is 12.0. The van der Waals surface area contributed by atoms with E-state index >= 15 is 0 Å². The molecule has 0 spiro atoms. The van der Waals surface area contributed by atoms with Crippen LogP contribution < -0.4 is 5.32 Å². The van der Waals surface area contributed by atoms with E-state index in [1.807, 2.05) is 50.2 Å². The van der Waals surface area contributed by atoms with Crippen LogP contribution in [0.2, 0.25) is 0 Å². The molecular formula is C16H20N2O2. The third-order valence-electron chi connectivity index (χ3n) is 3.08. The zero-order valence-corrected chi connectivity index (χ0v) is 12.1. The number of benzene rings is 1. The lowest BCUT2D eigenvalue weighted by Gasteiger charge is -2.16. The maximum absolute atomic E-state index is 12.0. The smallest absolute Gasteiger partial charge is 0.242 e. The highest BCUT2D eigenvalue weighted by molar-refractivity contribution is 5.80. The normalized spacial score (nSPS) is 10.3. The highest BCUT2D eigenvalue weighted by atomic mass is 16.3. The molecule has 0 bridgehead atoms. The zero-order chi connectivity index (χ0) is 14.5. The lowest BCUT2D eigenvalue weighted by atomic mass is 10.2. The van der Waals surface area contributed by atoms with Gasteiger partial charge < -0.3 is 14.6 Å². The summed E-state index contributed by atoms with van der Waals surface area (Å²) in [5.41, 5.74) is 2.13. The Hall–Kier alpha value is -2.23. The second-order valence-corrected chi connectivity index (χ2v) is 4.99. The van der Waals surface area contributed by atoms with Gasteiger partial charge in [-0.15, -0.1) is 0 Å². The van der Waals surface area contributed by atoms with Gasteiger partial charge in [-0.05, 0) is 43.7 Å². The summed E-state index contributed by atoms with van der Waals surface area (Å²) < 4.78 is 5.47. The molecule has 1 heterocycles. The summed E-state index contributed by atoms with van der Waals surface area (Å²) in [4.78, 5) is 13.7. The molecule has 1 aromatic heterocycles. The van der Waals surface area contributed by atoms with Crippen LogP contribution in [0.3, 0.4) is 0 Å². The van der Waals surface area contributed by atoms with Gasteiger partial charge in [0.05, 0.1) is 13.1 Å². The molecule has 4 heteroatoms. The van der Waals surface area contributed by atoms with Crippen molar-refractivity contribution in [3.8, 4) is 0 Å². The molecule has 2 rings (SSSR count). The van der Waals surface area contributed by atoms with Crippen LogP contribution in [0.1, 0.15) is 17.1 Å². The van der Waals surface area contributed by atoms with Gasteiger partial charge in [0.25, 0.3) is 0 Å². The van der Waals surface area contributed by atoms with Gasteiger partial charge in [-0.1, -0.05) is 12.1 Å². The fourth-order valence-corrected chi connectivity index (χ4v) is 1.96. The number of aryl methyl sites for hydroxylation is 2. The second kappa shape index (κ2) is 6.28. The molecule has 2 aromatic rings. The third kappa shape index (κ3) is 3.88. The Bertz CT molecular complexity index is 590. The monoisotopic (exact) mass is 272 g/mol. The molecule has 1 N–H and O–H groups in total. The van der Waals surface area contributed by atoms with Crippen molar-refractivity contribution in [2.45, 2.75) is 20.4 Å². The summed E-state index contributed by atoms with van der Waals surface area (Å²) in [5, 5.41) is 3.14. The van der Waals surface area contributed by atoms with Crippen LogP contribution in [0, 0.1) is 13.8 Å². The largest absolute Gasteiger partial charge is 0.464 e. The van der Waals surface area contributed by atoms with Gasteiger partial charge >= 0.3 is 0 Å². The van der Waals surface area contributed by atoms with Crippen molar-refractivity contribution in [1.29, 1.82) is 0 Å². The third-order valence-corrected chi connectivity index (χ3v) is 3.08. The summed E-state index contributed by atoms with van der Waals surface area (Å²) in [6, 6.07) is 11.8. The minimum absolute atomic E-state index is 0.0283. The van der Waals surface area contributed by atoms with Gasteiger partial charge in [0.2, 0.25) is 5.91 Å². The topological polar surface area (TPSA) is 45.5 Å². The highest BCUT2D eigenvalue weighted by Gasteiger charge is 2.10. The molecule has 0 atom stereocenters. The van der Waals surface area contributed by atoms with E-state index in [-0.39, 0.29) is 12.5 Å². The molecule has 1 aromatic carbocycles. The Kier molecular flexibility index (Phi) is 4.45. The number of hydrogen-bond acceptors (Lipinski definition) is 3. The Morgan fingerprint density at radius 1 is 1.25 bits per heavy atom. The van der Waals surface area contributed by atoms with Gasteiger partial charge in [0, 0.05) is 12.7 Å². The Morgan fingerprint density at radius 3 is 2.70 bits per heavy atom. The number of carbonyl (C=O) groups excluding carboxylic acids is 1. The summed E-state index contributed by atoms with van der Waals surface area (Å²) in [7, 11) is 1.78. The van der Waals surface area contributed by atoms with Crippen LogP contribution in [0.15, 0.2) is 40.8 Å². The number of amides is 1. The van der Waals surface area contributed by atoms with Crippen molar-refractivity contribution in [2.24, 2.45) is 0 Å². The van der Waals surface area contributed by atoms with Crippen molar-refractivity contribution >= 4 is 11.6 Å². The molecule has 0 unspecified atom stereocenters. The van der Waals surface area contributed by atoms with Gasteiger partial charge in [0.15, 0.2) is 0 Å². The Labute approximate surface area is 119 Å². The first-order chi connectivity index (χ1) is 9.54. The first-order valence-electron chi connectivity index (χ1n) is 6.64. The van der Waals surface area contributed by atoms with Crippen LogP contribution in [0.5, 0.6) is 0 Å². The average Bonchev–Trinajstić information content (AvgIpc) is 2.81. The fourth-order valence-electron chi connectivity index (χ4n) is 1.96. The van der Waals surface area contributed by atoms with Gasteiger partial charge in [-0.2, -0.15) is 0 Å². The first kappa shape index (κ1) is 14.2.